The molecule has 86 valence electrons. The van der Waals surface area contributed by atoms with E-state index in [1.54, 1.807) is 0 Å². The van der Waals surface area contributed by atoms with E-state index in [9.17, 15) is 9.90 Å². The number of hydrogen-bond acceptors (Lipinski definition) is 4. The Morgan fingerprint density at radius 2 is 2.00 bits per heavy atom. The second-order valence-electron chi connectivity index (χ2n) is 4.06. The lowest BCUT2D eigenvalue weighted by atomic mass is 9.92. The van der Waals surface area contributed by atoms with Gasteiger partial charge in [-0.3, -0.25) is 4.79 Å². The molecule has 1 heterocycles. The Balaban J connectivity index is 1.96. The number of aromatic nitrogens is 2. The molecule has 0 saturated heterocycles. The van der Waals surface area contributed by atoms with E-state index in [0.717, 1.165) is 25.7 Å². The summed E-state index contributed by atoms with van der Waals surface area (Å²) in [5.74, 6) is -0.216. The summed E-state index contributed by atoms with van der Waals surface area (Å²) in [5, 5.41) is 12.5. The Kier molecular flexibility index (Phi) is 3.46. The van der Waals surface area contributed by atoms with Crippen LogP contribution in [0.1, 0.15) is 36.0 Å². The van der Waals surface area contributed by atoms with Gasteiger partial charge in [0.1, 0.15) is 6.33 Å². The van der Waals surface area contributed by atoms with Gasteiger partial charge in [-0.1, -0.05) is 12.8 Å². The number of aliphatic hydroxyl groups excluding tert-OH is 1. The molecule has 1 fully saturated rings. The summed E-state index contributed by atoms with van der Waals surface area (Å²) in [7, 11) is 0. The van der Waals surface area contributed by atoms with Crippen LogP contribution in [0.5, 0.6) is 0 Å². The number of carbonyl (C=O) groups is 1. The lowest BCUT2D eigenvalue weighted by Gasteiger charge is -2.28. The SMILES string of the molecule is O=C(N[C@H]1CCCC[C@@H]1O)c1cncnc1. The first-order chi connectivity index (χ1) is 7.77. The van der Waals surface area contributed by atoms with Gasteiger partial charge in [-0.15, -0.1) is 0 Å². The summed E-state index contributed by atoms with van der Waals surface area (Å²) in [6.45, 7) is 0. The smallest absolute Gasteiger partial charge is 0.254 e. The van der Waals surface area contributed by atoms with E-state index in [1.165, 1.54) is 18.7 Å². The zero-order chi connectivity index (χ0) is 11.4. The lowest BCUT2D eigenvalue weighted by Crippen LogP contribution is -2.45. The second-order valence-corrected chi connectivity index (χ2v) is 4.06. The first-order valence-electron chi connectivity index (χ1n) is 5.51. The molecule has 2 N–H and O–H groups in total. The molecule has 2 rings (SSSR count). The van der Waals surface area contributed by atoms with Crippen molar-refractivity contribution in [2.45, 2.75) is 37.8 Å². The minimum absolute atomic E-state index is 0.138. The van der Waals surface area contributed by atoms with E-state index in [4.69, 9.17) is 0 Å². The van der Waals surface area contributed by atoms with Gasteiger partial charge in [0, 0.05) is 12.4 Å². The van der Waals surface area contributed by atoms with Gasteiger partial charge in [-0.25, -0.2) is 9.97 Å². The van der Waals surface area contributed by atoms with Crippen molar-refractivity contribution in [3.8, 4) is 0 Å². The third-order valence-corrected chi connectivity index (χ3v) is 2.87. The number of carbonyl (C=O) groups excluding carboxylic acids is 1. The van der Waals surface area contributed by atoms with Crippen molar-refractivity contribution in [1.29, 1.82) is 0 Å². The summed E-state index contributed by atoms with van der Waals surface area (Å²) >= 11 is 0. The fourth-order valence-corrected chi connectivity index (χ4v) is 1.95. The molecular weight excluding hydrogens is 206 g/mol. The van der Waals surface area contributed by atoms with Gasteiger partial charge in [0.15, 0.2) is 0 Å². The van der Waals surface area contributed by atoms with Crippen LogP contribution in [0, 0.1) is 0 Å². The van der Waals surface area contributed by atoms with Crippen LogP contribution < -0.4 is 5.32 Å². The molecule has 16 heavy (non-hydrogen) atoms. The Bertz CT molecular complexity index is 356. The number of amides is 1. The Morgan fingerprint density at radius 1 is 1.31 bits per heavy atom. The fourth-order valence-electron chi connectivity index (χ4n) is 1.95. The first-order valence-corrected chi connectivity index (χ1v) is 5.51. The van der Waals surface area contributed by atoms with Gasteiger partial charge in [0.2, 0.25) is 0 Å². The van der Waals surface area contributed by atoms with Crippen LogP contribution in [0.25, 0.3) is 0 Å². The van der Waals surface area contributed by atoms with Crippen LogP contribution in [0.15, 0.2) is 18.7 Å². The number of aliphatic hydroxyl groups is 1. The topological polar surface area (TPSA) is 75.1 Å². The standard InChI is InChI=1S/C11H15N3O2/c15-10-4-2-1-3-9(10)14-11(16)8-5-12-7-13-6-8/h5-7,9-10,15H,1-4H2,(H,14,16)/t9-,10-/m0/s1. The molecule has 5 heteroatoms. The Labute approximate surface area is 93.9 Å². The summed E-state index contributed by atoms with van der Waals surface area (Å²) < 4.78 is 0. The molecule has 1 aromatic rings. The van der Waals surface area contributed by atoms with Crippen LogP contribution in [0.4, 0.5) is 0 Å². The van der Waals surface area contributed by atoms with Crippen LogP contribution in [-0.4, -0.2) is 33.1 Å². The van der Waals surface area contributed by atoms with Crippen molar-refractivity contribution in [2.24, 2.45) is 0 Å². The molecule has 0 bridgehead atoms. The molecule has 1 saturated carbocycles. The van der Waals surface area contributed by atoms with Gasteiger partial charge in [0.25, 0.3) is 5.91 Å². The molecule has 0 radical (unpaired) electrons. The highest BCUT2D eigenvalue weighted by Crippen LogP contribution is 2.18. The largest absolute Gasteiger partial charge is 0.391 e. The maximum absolute atomic E-state index is 11.8. The Morgan fingerprint density at radius 3 is 2.69 bits per heavy atom. The highest BCUT2D eigenvalue weighted by atomic mass is 16.3. The molecule has 0 aliphatic heterocycles. The third-order valence-electron chi connectivity index (χ3n) is 2.87. The highest BCUT2D eigenvalue weighted by molar-refractivity contribution is 5.93. The molecule has 1 aliphatic carbocycles. The molecule has 0 unspecified atom stereocenters. The number of hydrogen-bond donors (Lipinski definition) is 2. The molecule has 0 aromatic carbocycles. The summed E-state index contributed by atoms with van der Waals surface area (Å²) in [6, 6.07) is -0.138. The predicted molar refractivity (Wildman–Crippen MR) is 57.8 cm³/mol. The number of nitrogens with one attached hydrogen (secondary N) is 1. The van der Waals surface area contributed by atoms with Crippen LogP contribution in [0.2, 0.25) is 0 Å². The summed E-state index contributed by atoms with van der Waals surface area (Å²) in [5.41, 5.74) is 0.431. The average molecular weight is 221 g/mol. The van der Waals surface area contributed by atoms with E-state index in [2.05, 4.69) is 15.3 Å². The van der Waals surface area contributed by atoms with Crippen molar-refractivity contribution < 1.29 is 9.90 Å². The van der Waals surface area contributed by atoms with E-state index < -0.39 is 6.10 Å². The molecule has 1 amide bonds. The zero-order valence-corrected chi connectivity index (χ0v) is 8.97. The second kappa shape index (κ2) is 5.03. The van der Waals surface area contributed by atoms with Crippen LogP contribution in [0.3, 0.4) is 0 Å². The van der Waals surface area contributed by atoms with E-state index >= 15 is 0 Å². The Hall–Kier alpha value is -1.49. The number of nitrogens with zero attached hydrogens (tertiary/aromatic N) is 2. The van der Waals surface area contributed by atoms with Crippen molar-refractivity contribution in [2.75, 3.05) is 0 Å². The molecular formula is C11H15N3O2. The van der Waals surface area contributed by atoms with Crippen molar-refractivity contribution in [1.82, 2.24) is 15.3 Å². The molecule has 1 aromatic heterocycles. The normalized spacial score (nSPS) is 25.1. The quantitative estimate of drug-likeness (QED) is 0.763. The maximum Gasteiger partial charge on any atom is 0.254 e. The minimum atomic E-state index is -0.428. The molecule has 2 atom stereocenters. The average Bonchev–Trinajstić information content (AvgIpc) is 2.33. The predicted octanol–water partition coefficient (Wildman–Crippen LogP) is 0.510. The zero-order valence-electron chi connectivity index (χ0n) is 8.97. The van der Waals surface area contributed by atoms with Crippen LogP contribution in [-0.2, 0) is 0 Å². The monoisotopic (exact) mass is 221 g/mol. The molecule has 0 spiro atoms. The van der Waals surface area contributed by atoms with E-state index in [-0.39, 0.29) is 11.9 Å². The first kappa shape index (κ1) is 11.0. The van der Waals surface area contributed by atoms with Crippen molar-refractivity contribution in [3.63, 3.8) is 0 Å². The van der Waals surface area contributed by atoms with Gasteiger partial charge in [-0.2, -0.15) is 0 Å². The fraction of sp³-hybridized carbons (Fsp3) is 0.545. The summed E-state index contributed by atoms with van der Waals surface area (Å²) in [4.78, 5) is 19.3. The summed E-state index contributed by atoms with van der Waals surface area (Å²) in [6.07, 6.45) is 7.57. The third kappa shape index (κ3) is 2.55. The van der Waals surface area contributed by atoms with Gasteiger partial charge in [0.05, 0.1) is 17.7 Å². The van der Waals surface area contributed by atoms with E-state index in [1.807, 2.05) is 0 Å². The van der Waals surface area contributed by atoms with Crippen molar-refractivity contribution >= 4 is 5.91 Å². The highest BCUT2D eigenvalue weighted by Gasteiger charge is 2.24. The molecule has 5 nitrogen and oxygen atoms in total. The maximum atomic E-state index is 11.8. The van der Waals surface area contributed by atoms with Gasteiger partial charge >= 0.3 is 0 Å². The minimum Gasteiger partial charge on any atom is -0.391 e. The van der Waals surface area contributed by atoms with Gasteiger partial charge < -0.3 is 10.4 Å². The van der Waals surface area contributed by atoms with Crippen molar-refractivity contribution in [3.05, 3.63) is 24.3 Å². The number of rotatable bonds is 2. The molecule has 1 aliphatic rings. The van der Waals surface area contributed by atoms with Crippen LogP contribution >= 0.6 is 0 Å². The van der Waals surface area contributed by atoms with E-state index in [0.29, 0.717) is 5.56 Å². The van der Waals surface area contributed by atoms with Gasteiger partial charge in [-0.05, 0) is 12.8 Å². The lowest BCUT2D eigenvalue weighted by molar-refractivity contribution is 0.0716.